The number of carboxylic acids is 1. The minimum absolute atomic E-state index is 0.00342. The largest absolute Gasteiger partial charge is 0.481 e. The van der Waals surface area contributed by atoms with E-state index in [4.69, 9.17) is 5.11 Å². The van der Waals surface area contributed by atoms with E-state index in [1.807, 2.05) is 0 Å². The molecule has 1 saturated heterocycles. The summed E-state index contributed by atoms with van der Waals surface area (Å²) in [6.07, 6.45) is 3.14. The lowest BCUT2D eigenvalue weighted by atomic mass is 10.0. The molecule has 1 rings (SSSR count). The first-order valence-corrected chi connectivity index (χ1v) is 6.61. The Balaban J connectivity index is 2.49. The Labute approximate surface area is 113 Å². The molecule has 1 aliphatic rings. The Kier molecular flexibility index (Phi) is 5.32. The number of carbonyl (C=O) groups is 3. The van der Waals surface area contributed by atoms with Gasteiger partial charge in [0.15, 0.2) is 0 Å². The van der Waals surface area contributed by atoms with Crippen molar-refractivity contribution in [3.05, 3.63) is 0 Å². The summed E-state index contributed by atoms with van der Waals surface area (Å²) in [7, 11) is 0. The molecule has 2 N–H and O–H groups in total. The molecule has 0 atom stereocenters. The fraction of sp³-hybridized carbons (Fsp3) is 0.769. The molecule has 0 aromatic heterocycles. The highest BCUT2D eigenvalue weighted by molar-refractivity contribution is 5.85. The molecule has 1 aliphatic heterocycles. The van der Waals surface area contributed by atoms with E-state index in [9.17, 15) is 14.4 Å². The first-order valence-electron chi connectivity index (χ1n) is 6.61. The van der Waals surface area contributed by atoms with Gasteiger partial charge in [-0.05, 0) is 26.7 Å². The third-order valence-corrected chi connectivity index (χ3v) is 3.08. The normalized spacial score (nSPS) is 16.9. The maximum absolute atomic E-state index is 11.9. The van der Waals surface area contributed by atoms with Crippen molar-refractivity contribution in [2.75, 3.05) is 13.1 Å². The minimum atomic E-state index is -0.962. The van der Waals surface area contributed by atoms with Crippen LogP contribution in [0, 0.1) is 0 Å². The molecular weight excluding hydrogens is 248 g/mol. The smallest absolute Gasteiger partial charge is 0.305 e. The van der Waals surface area contributed by atoms with E-state index in [-0.39, 0.29) is 24.8 Å². The van der Waals surface area contributed by atoms with Crippen molar-refractivity contribution >= 4 is 17.8 Å². The monoisotopic (exact) mass is 270 g/mol. The fourth-order valence-electron chi connectivity index (χ4n) is 2.22. The zero-order valence-electron chi connectivity index (χ0n) is 11.6. The predicted octanol–water partition coefficient (Wildman–Crippen LogP) is 0.758. The molecule has 6 heteroatoms. The van der Waals surface area contributed by atoms with E-state index >= 15 is 0 Å². The lowest BCUT2D eigenvalue weighted by Crippen LogP contribution is -2.49. The summed E-state index contributed by atoms with van der Waals surface area (Å²) in [5.41, 5.74) is -0.808. The first-order chi connectivity index (χ1) is 8.80. The quantitative estimate of drug-likeness (QED) is 0.772. The molecule has 2 amide bonds. The van der Waals surface area contributed by atoms with E-state index in [0.717, 1.165) is 19.3 Å². The molecule has 19 heavy (non-hydrogen) atoms. The second-order valence-electron chi connectivity index (χ2n) is 5.63. The summed E-state index contributed by atoms with van der Waals surface area (Å²) in [5.74, 6) is -1.26. The second-order valence-corrected chi connectivity index (χ2v) is 5.63. The van der Waals surface area contributed by atoms with Gasteiger partial charge in [0.1, 0.15) is 0 Å². The Morgan fingerprint density at radius 2 is 2.00 bits per heavy atom. The second kappa shape index (κ2) is 6.54. The maximum atomic E-state index is 11.9. The number of amides is 2. The van der Waals surface area contributed by atoms with Crippen molar-refractivity contribution in [1.82, 2.24) is 10.2 Å². The van der Waals surface area contributed by atoms with Gasteiger partial charge in [0.05, 0.1) is 13.0 Å². The highest BCUT2D eigenvalue weighted by atomic mass is 16.4. The van der Waals surface area contributed by atoms with Crippen LogP contribution in [0.15, 0.2) is 0 Å². The predicted molar refractivity (Wildman–Crippen MR) is 69.5 cm³/mol. The molecule has 0 saturated carbocycles. The number of aliphatic carboxylic acids is 1. The highest BCUT2D eigenvalue weighted by Gasteiger charge is 2.26. The van der Waals surface area contributed by atoms with E-state index in [1.165, 1.54) is 0 Å². The van der Waals surface area contributed by atoms with Gasteiger partial charge in [0, 0.05) is 18.5 Å². The molecule has 108 valence electrons. The third kappa shape index (κ3) is 5.72. The van der Waals surface area contributed by atoms with E-state index in [0.29, 0.717) is 13.0 Å². The summed E-state index contributed by atoms with van der Waals surface area (Å²) in [5, 5.41) is 11.4. The van der Waals surface area contributed by atoms with Crippen LogP contribution in [0.1, 0.15) is 46.0 Å². The van der Waals surface area contributed by atoms with Crippen molar-refractivity contribution in [2.45, 2.75) is 51.5 Å². The number of carbonyl (C=O) groups excluding carboxylic acids is 2. The zero-order valence-corrected chi connectivity index (χ0v) is 11.6. The first kappa shape index (κ1) is 15.5. The van der Waals surface area contributed by atoms with E-state index < -0.39 is 11.5 Å². The molecule has 0 radical (unpaired) electrons. The van der Waals surface area contributed by atoms with Gasteiger partial charge >= 0.3 is 5.97 Å². The SMILES string of the molecule is CC(C)(CC(=O)O)NC(=O)CN1CCCCCC1=O. The van der Waals surface area contributed by atoms with Gasteiger partial charge < -0.3 is 15.3 Å². The molecule has 1 fully saturated rings. The summed E-state index contributed by atoms with van der Waals surface area (Å²) >= 11 is 0. The number of nitrogens with zero attached hydrogens (tertiary/aromatic N) is 1. The van der Waals surface area contributed by atoms with E-state index in [1.54, 1.807) is 18.7 Å². The minimum Gasteiger partial charge on any atom is -0.481 e. The average Bonchev–Trinajstić information content (AvgIpc) is 2.41. The van der Waals surface area contributed by atoms with Gasteiger partial charge in [-0.1, -0.05) is 6.42 Å². The molecular formula is C13H22N2O4. The van der Waals surface area contributed by atoms with Gasteiger partial charge in [-0.25, -0.2) is 0 Å². The maximum Gasteiger partial charge on any atom is 0.305 e. The molecule has 1 heterocycles. The number of hydrogen-bond donors (Lipinski definition) is 2. The molecule has 0 spiro atoms. The van der Waals surface area contributed by atoms with Crippen LogP contribution in [0.25, 0.3) is 0 Å². The molecule has 6 nitrogen and oxygen atoms in total. The van der Waals surface area contributed by atoms with Crippen LogP contribution in [-0.4, -0.2) is 46.4 Å². The van der Waals surface area contributed by atoms with Crippen molar-refractivity contribution in [3.63, 3.8) is 0 Å². The van der Waals surface area contributed by atoms with Gasteiger partial charge in [-0.2, -0.15) is 0 Å². The van der Waals surface area contributed by atoms with Crippen LogP contribution < -0.4 is 5.32 Å². The van der Waals surface area contributed by atoms with Crippen LogP contribution in [0.2, 0.25) is 0 Å². The number of hydrogen-bond acceptors (Lipinski definition) is 3. The summed E-state index contributed by atoms with van der Waals surface area (Å²) in [6.45, 7) is 3.93. The van der Waals surface area contributed by atoms with Crippen LogP contribution in [0.4, 0.5) is 0 Å². The summed E-state index contributed by atoms with van der Waals surface area (Å²) in [4.78, 5) is 35.8. The fourth-order valence-corrected chi connectivity index (χ4v) is 2.22. The Bertz CT molecular complexity index is 366. The average molecular weight is 270 g/mol. The van der Waals surface area contributed by atoms with Crippen LogP contribution in [-0.2, 0) is 14.4 Å². The molecule has 0 aromatic rings. The molecule has 0 bridgehead atoms. The highest BCUT2D eigenvalue weighted by Crippen LogP contribution is 2.12. The molecule has 0 aliphatic carbocycles. The molecule has 0 aromatic carbocycles. The topological polar surface area (TPSA) is 86.7 Å². The number of rotatable bonds is 5. The van der Waals surface area contributed by atoms with Gasteiger partial charge in [-0.3, -0.25) is 14.4 Å². The Morgan fingerprint density at radius 1 is 1.32 bits per heavy atom. The molecule has 0 unspecified atom stereocenters. The third-order valence-electron chi connectivity index (χ3n) is 3.08. The van der Waals surface area contributed by atoms with Crippen LogP contribution >= 0.6 is 0 Å². The van der Waals surface area contributed by atoms with Gasteiger partial charge in [0.25, 0.3) is 0 Å². The lowest BCUT2D eigenvalue weighted by molar-refractivity contribution is -0.140. The van der Waals surface area contributed by atoms with Crippen molar-refractivity contribution in [2.24, 2.45) is 0 Å². The standard InChI is InChI=1S/C13H22N2O4/c1-13(2,8-12(18)19)14-10(16)9-15-7-5-3-4-6-11(15)17/h3-9H2,1-2H3,(H,14,16)(H,18,19). The number of likely N-dealkylation sites (tertiary alicyclic amines) is 1. The van der Waals surface area contributed by atoms with Crippen LogP contribution in [0.3, 0.4) is 0 Å². The number of nitrogens with one attached hydrogen (secondary N) is 1. The van der Waals surface area contributed by atoms with Gasteiger partial charge in [-0.15, -0.1) is 0 Å². The van der Waals surface area contributed by atoms with Crippen molar-refractivity contribution in [1.29, 1.82) is 0 Å². The zero-order chi connectivity index (χ0) is 14.5. The number of carboxylic acid groups (broad SMARTS) is 1. The van der Waals surface area contributed by atoms with Crippen LogP contribution in [0.5, 0.6) is 0 Å². The van der Waals surface area contributed by atoms with Crippen molar-refractivity contribution < 1.29 is 19.5 Å². The summed E-state index contributed by atoms with van der Waals surface area (Å²) < 4.78 is 0. The Hall–Kier alpha value is -1.59. The Morgan fingerprint density at radius 3 is 2.63 bits per heavy atom. The van der Waals surface area contributed by atoms with Crippen molar-refractivity contribution in [3.8, 4) is 0 Å². The summed E-state index contributed by atoms with van der Waals surface area (Å²) in [6, 6.07) is 0. The van der Waals surface area contributed by atoms with Gasteiger partial charge in [0.2, 0.25) is 11.8 Å². The van der Waals surface area contributed by atoms with E-state index in [2.05, 4.69) is 5.32 Å². The lowest BCUT2D eigenvalue weighted by Gasteiger charge is -2.27.